The van der Waals surface area contributed by atoms with Gasteiger partial charge in [0.25, 0.3) is 0 Å². The number of ether oxygens (including phenoxy) is 1. The molecule has 4 heteroatoms. The fraction of sp³-hybridized carbons (Fsp3) is 0.333. The van der Waals surface area contributed by atoms with E-state index in [1.54, 1.807) is 12.5 Å². The van der Waals surface area contributed by atoms with E-state index in [0.717, 1.165) is 18.5 Å². The quantitative estimate of drug-likeness (QED) is 0.438. The van der Waals surface area contributed by atoms with Crippen molar-refractivity contribution in [2.45, 2.75) is 32.6 Å². The molecule has 1 aromatic carbocycles. The van der Waals surface area contributed by atoms with Crippen LogP contribution in [-0.2, 0) is 9.53 Å². The average Bonchev–Trinajstić information content (AvgIpc) is 3.10. The minimum absolute atomic E-state index is 0.318. The van der Waals surface area contributed by atoms with Crippen molar-refractivity contribution in [1.82, 2.24) is 9.55 Å². The van der Waals surface area contributed by atoms with Gasteiger partial charge in [-0.05, 0) is 18.6 Å². The van der Waals surface area contributed by atoms with Gasteiger partial charge in [0.15, 0.2) is 0 Å². The molecule has 1 heterocycles. The first-order valence-corrected chi connectivity index (χ1v) is 7.60. The Morgan fingerprint density at radius 1 is 1.27 bits per heavy atom. The summed E-state index contributed by atoms with van der Waals surface area (Å²) in [5.74, 6) is -0.318. The molecule has 4 nitrogen and oxygen atoms in total. The van der Waals surface area contributed by atoms with Crippen LogP contribution in [0, 0.1) is 0 Å². The van der Waals surface area contributed by atoms with Crippen molar-refractivity contribution < 1.29 is 9.53 Å². The molecule has 0 atom stereocenters. The number of para-hydroxylation sites is 1. The Labute approximate surface area is 132 Å². The van der Waals surface area contributed by atoms with Gasteiger partial charge in [-0.3, -0.25) is 0 Å². The lowest BCUT2D eigenvalue weighted by atomic mass is 10.2. The van der Waals surface area contributed by atoms with Gasteiger partial charge >= 0.3 is 5.97 Å². The lowest BCUT2D eigenvalue weighted by Gasteiger charge is -1.99. The number of carbonyl (C=O) groups excluding carboxylic acids is 1. The number of esters is 1. The van der Waals surface area contributed by atoms with Crippen molar-refractivity contribution in [3.63, 3.8) is 0 Å². The number of unbranched alkanes of at least 4 members (excludes halogenated alkanes) is 3. The zero-order chi connectivity index (χ0) is 16.0. The Morgan fingerprint density at radius 2 is 2.05 bits per heavy atom. The van der Waals surface area contributed by atoms with E-state index in [2.05, 4.69) is 18.5 Å². The maximum atomic E-state index is 10.5. The maximum Gasteiger partial charge on any atom is 0.330 e. The number of hydrogen-bond donors (Lipinski definition) is 0. The van der Waals surface area contributed by atoms with E-state index in [-0.39, 0.29) is 5.97 Å². The van der Waals surface area contributed by atoms with Crippen molar-refractivity contribution in [2.75, 3.05) is 6.61 Å². The van der Waals surface area contributed by atoms with Crippen LogP contribution in [0.15, 0.2) is 61.7 Å². The Kier molecular flexibility index (Phi) is 9.10. The van der Waals surface area contributed by atoms with E-state index in [9.17, 15) is 4.79 Å². The topological polar surface area (TPSA) is 44.1 Å². The smallest absolute Gasteiger partial charge is 0.330 e. The van der Waals surface area contributed by atoms with Crippen LogP contribution in [-0.4, -0.2) is 22.1 Å². The van der Waals surface area contributed by atoms with E-state index in [0.29, 0.717) is 6.61 Å². The second kappa shape index (κ2) is 11.3. The van der Waals surface area contributed by atoms with E-state index < -0.39 is 0 Å². The van der Waals surface area contributed by atoms with Crippen LogP contribution in [0.1, 0.15) is 32.6 Å². The third-order valence-corrected chi connectivity index (χ3v) is 2.97. The van der Waals surface area contributed by atoms with Crippen molar-refractivity contribution in [3.8, 4) is 5.69 Å². The minimum atomic E-state index is -0.318. The first-order chi connectivity index (χ1) is 10.8. The number of nitrogens with zero attached hydrogens (tertiary/aromatic N) is 2. The first kappa shape index (κ1) is 17.7. The monoisotopic (exact) mass is 300 g/mol. The van der Waals surface area contributed by atoms with E-state index in [1.165, 1.54) is 18.9 Å². The van der Waals surface area contributed by atoms with Crippen molar-refractivity contribution in [1.29, 1.82) is 0 Å². The summed E-state index contributed by atoms with van der Waals surface area (Å²) < 4.78 is 6.75. The molecule has 0 saturated carbocycles. The van der Waals surface area contributed by atoms with Crippen LogP contribution >= 0.6 is 0 Å². The normalized spacial score (nSPS) is 9.50. The lowest BCUT2D eigenvalue weighted by molar-refractivity contribution is -0.137. The summed E-state index contributed by atoms with van der Waals surface area (Å²) in [6.45, 7) is 5.98. The predicted octanol–water partition coefficient (Wildman–Crippen LogP) is 4.17. The Bertz CT molecular complexity index is 521. The predicted molar refractivity (Wildman–Crippen MR) is 88.9 cm³/mol. The second-order valence-electron chi connectivity index (χ2n) is 4.74. The molecule has 2 aromatic rings. The largest absolute Gasteiger partial charge is 0.463 e. The van der Waals surface area contributed by atoms with Gasteiger partial charge in [-0.2, -0.15) is 0 Å². The molecular weight excluding hydrogens is 276 g/mol. The van der Waals surface area contributed by atoms with Gasteiger partial charge in [-0.25, -0.2) is 9.78 Å². The summed E-state index contributed by atoms with van der Waals surface area (Å²) in [5.41, 5.74) is 1.14. The Hall–Kier alpha value is -2.36. The average molecular weight is 300 g/mol. The maximum absolute atomic E-state index is 10.5. The summed E-state index contributed by atoms with van der Waals surface area (Å²) in [5, 5.41) is 0. The molecule has 0 spiro atoms. The van der Waals surface area contributed by atoms with Crippen molar-refractivity contribution in [2.24, 2.45) is 0 Å². The summed E-state index contributed by atoms with van der Waals surface area (Å²) in [4.78, 5) is 14.5. The number of imidazole rings is 1. The number of benzene rings is 1. The van der Waals surface area contributed by atoms with Crippen LogP contribution in [0.5, 0.6) is 0 Å². The molecule has 0 aliphatic carbocycles. The Morgan fingerprint density at radius 3 is 2.64 bits per heavy atom. The van der Waals surface area contributed by atoms with Crippen molar-refractivity contribution in [3.05, 3.63) is 61.7 Å². The van der Waals surface area contributed by atoms with E-state index in [1.807, 2.05) is 41.1 Å². The van der Waals surface area contributed by atoms with Gasteiger partial charge in [0.2, 0.25) is 0 Å². The summed E-state index contributed by atoms with van der Waals surface area (Å²) in [6.07, 6.45) is 11.2. The highest BCUT2D eigenvalue weighted by atomic mass is 16.5. The molecule has 1 aromatic heterocycles. The zero-order valence-corrected chi connectivity index (χ0v) is 13.1. The molecule has 0 aliphatic heterocycles. The van der Waals surface area contributed by atoms with Gasteiger partial charge < -0.3 is 9.30 Å². The van der Waals surface area contributed by atoms with Gasteiger partial charge in [-0.15, -0.1) is 0 Å². The fourth-order valence-electron chi connectivity index (χ4n) is 1.77. The number of hydrogen-bond acceptors (Lipinski definition) is 3. The molecule has 0 fully saturated rings. The van der Waals surface area contributed by atoms with E-state index >= 15 is 0 Å². The number of carbonyl (C=O) groups is 1. The molecule has 0 aliphatic rings. The lowest BCUT2D eigenvalue weighted by Crippen LogP contribution is -2.01. The molecule has 0 bridgehead atoms. The molecular formula is C18H24N2O2. The molecule has 0 amide bonds. The second-order valence-corrected chi connectivity index (χ2v) is 4.74. The summed E-state index contributed by atoms with van der Waals surface area (Å²) in [7, 11) is 0. The standard InChI is InChI=1S/C9H8N2.C9H16O2/c1-2-4-9(5-3-1)11-7-6-10-8-11;1-3-5-6-7-8-11-9(10)4-2/h1-8H;4H,2-3,5-8H2,1H3. The van der Waals surface area contributed by atoms with Gasteiger partial charge in [0, 0.05) is 24.2 Å². The molecule has 0 N–H and O–H groups in total. The van der Waals surface area contributed by atoms with Gasteiger partial charge in [-0.1, -0.05) is 51.0 Å². The van der Waals surface area contributed by atoms with Gasteiger partial charge in [0.05, 0.1) is 12.9 Å². The molecule has 0 unspecified atom stereocenters. The van der Waals surface area contributed by atoms with E-state index in [4.69, 9.17) is 4.74 Å². The summed E-state index contributed by atoms with van der Waals surface area (Å²) >= 11 is 0. The minimum Gasteiger partial charge on any atom is -0.463 e. The number of aromatic nitrogens is 2. The highest BCUT2D eigenvalue weighted by molar-refractivity contribution is 5.81. The first-order valence-electron chi connectivity index (χ1n) is 7.60. The molecule has 2 rings (SSSR count). The number of rotatable bonds is 7. The fourth-order valence-corrected chi connectivity index (χ4v) is 1.77. The SMILES string of the molecule is C=CC(=O)OCCCCCC.c1ccc(-n2ccnc2)cc1. The van der Waals surface area contributed by atoms with Crippen LogP contribution in [0.2, 0.25) is 0 Å². The van der Waals surface area contributed by atoms with Crippen LogP contribution < -0.4 is 0 Å². The molecule has 0 saturated heterocycles. The third kappa shape index (κ3) is 7.43. The van der Waals surface area contributed by atoms with Crippen LogP contribution in [0.3, 0.4) is 0 Å². The highest BCUT2D eigenvalue weighted by Crippen LogP contribution is 2.04. The molecule has 22 heavy (non-hydrogen) atoms. The van der Waals surface area contributed by atoms with Crippen LogP contribution in [0.4, 0.5) is 0 Å². The van der Waals surface area contributed by atoms with Crippen LogP contribution in [0.25, 0.3) is 5.69 Å². The van der Waals surface area contributed by atoms with Crippen molar-refractivity contribution >= 4 is 5.97 Å². The third-order valence-electron chi connectivity index (χ3n) is 2.97. The highest BCUT2D eigenvalue weighted by Gasteiger charge is 1.93. The summed E-state index contributed by atoms with van der Waals surface area (Å²) in [6, 6.07) is 10.1. The zero-order valence-electron chi connectivity index (χ0n) is 13.1. The van der Waals surface area contributed by atoms with Gasteiger partial charge in [0.1, 0.15) is 0 Å². The molecule has 0 radical (unpaired) electrons. The Balaban J connectivity index is 0.000000220. The molecule has 118 valence electrons.